The number of fused-ring (bicyclic) bond motifs is 3. The summed E-state index contributed by atoms with van der Waals surface area (Å²) in [6, 6.07) is 11.8. The van der Waals surface area contributed by atoms with Crippen molar-refractivity contribution in [2.75, 3.05) is 5.32 Å². The highest BCUT2D eigenvalue weighted by Gasteiger charge is 2.52. The minimum Gasteiger partial charge on any atom is -0.480 e. The second-order valence-corrected chi connectivity index (χ2v) is 9.09. The van der Waals surface area contributed by atoms with Crippen molar-refractivity contribution in [1.29, 1.82) is 0 Å². The number of rotatable bonds is 4. The van der Waals surface area contributed by atoms with Gasteiger partial charge in [0.15, 0.2) is 0 Å². The van der Waals surface area contributed by atoms with Gasteiger partial charge in [-0.05, 0) is 37.0 Å². The maximum Gasteiger partial charge on any atom is 0.326 e. The first-order valence-corrected chi connectivity index (χ1v) is 10.3. The van der Waals surface area contributed by atoms with Crippen LogP contribution >= 0.6 is 23.4 Å². The van der Waals surface area contributed by atoms with Crippen molar-refractivity contribution < 1.29 is 14.8 Å². The van der Waals surface area contributed by atoms with Crippen LogP contribution in [0.25, 0.3) is 0 Å². The molecule has 0 spiro atoms. The summed E-state index contributed by atoms with van der Waals surface area (Å²) in [5.74, 6) is -1.19. The molecule has 1 fully saturated rings. The van der Waals surface area contributed by atoms with Gasteiger partial charge in [0, 0.05) is 22.9 Å². The van der Waals surface area contributed by atoms with Crippen LogP contribution in [0.3, 0.4) is 0 Å². The molecule has 2 aromatic carbocycles. The van der Waals surface area contributed by atoms with E-state index >= 15 is 0 Å². The van der Waals surface area contributed by atoms with Crippen LogP contribution in [-0.4, -0.2) is 32.7 Å². The third-order valence-corrected chi connectivity index (χ3v) is 7.69. The number of alkyl halides is 1. The van der Waals surface area contributed by atoms with E-state index in [1.54, 1.807) is 18.2 Å². The van der Waals surface area contributed by atoms with Gasteiger partial charge in [0.1, 0.15) is 6.04 Å². The molecule has 0 amide bonds. The molecule has 1 saturated carbocycles. The van der Waals surface area contributed by atoms with Gasteiger partial charge in [-0.15, -0.1) is 23.4 Å². The second kappa shape index (κ2) is 7.29. The minimum atomic E-state index is -0.901. The molecule has 5 atom stereocenters. The Kier molecular flexibility index (Phi) is 4.97. The molecule has 146 valence electrons. The van der Waals surface area contributed by atoms with Gasteiger partial charge >= 0.3 is 5.97 Å². The lowest BCUT2D eigenvalue weighted by atomic mass is 9.79. The minimum absolute atomic E-state index is 0.0513. The van der Waals surface area contributed by atoms with Crippen molar-refractivity contribution in [2.24, 2.45) is 5.92 Å². The van der Waals surface area contributed by atoms with Gasteiger partial charge in [-0.1, -0.05) is 29.8 Å². The number of hydrogen-bond donors (Lipinski definition) is 2. The van der Waals surface area contributed by atoms with E-state index in [9.17, 15) is 20.0 Å². The number of benzene rings is 2. The van der Waals surface area contributed by atoms with Gasteiger partial charge in [-0.3, -0.25) is 10.1 Å². The first-order valence-electron chi connectivity index (χ1n) is 9.01. The summed E-state index contributed by atoms with van der Waals surface area (Å²) in [6.45, 7) is 2.00. The highest BCUT2D eigenvalue weighted by Crippen LogP contribution is 2.55. The summed E-state index contributed by atoms with van der Waals surface area (Å²) in [5.41, 5.74) is 2.98. The van der Waals surface area contributed by atoms with Crippen LogP contribution in [-0.2, 0) is 4.79 Å². The number of nitro groups is 1. The predicted molar refractivity (Wildman–Crippen MR) is 109 cm³/mol. The van der Waals surface area contributed by atoms with Crippen LogP contribution in [0.4, 0.5) is 11.4 Å². The number of thioether (sulfide) groups is 1. The molecule has 1 aliphatic carbocycles. The average molecular weight is 419 g/mol. The zero-order valence-electron chi connectivity index (χ0n) is 15.0. The molecule has 0 unspecified atom stereocenters. The van der Waals surface area contributed by atoms with Crippen molar-refractivity contribution in [3.63, 3.8) is 0 Å². The normalized spacial score (nSPS) is 28.1. The summed E-state index contributed by atoms with van der Waals surface area (Å²) in [6.07, 6.45) is 0.576. The average Bonchev–Trinajstić information content (AvgIpc) is 2.98. The van der Waals surface area contributed by atoms with Crippen LogP contribution in [0, 0.1) is 23.0 Å². The topological polar surface area (TPSA) is 92.5 Å². The first-order chi connectivity index (χ1) is 13.4. The van der Waals surface area contributed by atoms with Gasteiger partial charge in [-0.25, -0.2) is 4.79 Å². The molecule has 6 nitrogen and oxygen atoms in total. The molecule has 2 N–H and O–H groups in total. The number of carboxylic acids is 1. The zero-order valence-corrected chi connectivity index (χ0v) is 16.6. The fraction of sp³-hybridized carbons (Fsp3) is 0.350. The Morgan fingerprint density at radius 1 is 1.32 bits per heavy atom. The lowest BCUT2D eigenvalue weighted by molar-refractivity contribution is -0.387. The summed E-state index contributed by atoms with van der Waals surface area (Å²) in [5, 5.41) is 23.8. The summed E-state index contributed by atoms with van der Waals surface area (Å²) in [7, 11) is 0. The van der Waals surface area contributed by atoms with E-state index in [0.717, 1.165) is 16.8 Å². The SMILES string of the molecule is Cc1ccc2c(c1)[C@H]1[C@H](Cl)[C@H](Sc3ccccc3[N+](=O)[O-])C[C@H]1[C@@H](C(=O)O)N2. The van der Waals surface area contributed by atoms with Crippen molar-refractivity contribution in [2.45, 2.75) is 40.8 Å². The predicted octanol–water partition coefficient (Wildman–Crippen LogP) is 4.65. The summed E-state index contributed by atoms with van der Waals surface area (Å²) in [4.78, 5) is 23.4. The van der Waals surface area contributed by atoms with Crippen LogP contribution in [0.2, 0.25) is 0 Å². The van der Waals surface area contributed by atoms with E-state index in [1.165, 1.54) is 17.8 Å². The van der Waals surface area contributed by atoms with Gasteiger partial charge in [0.05, 0.1) is 15.2 Å². The van der Waals surface area contributed by atoms with Crippen LogP contribution < -0.4 is 5.32 Å². The van der Waals surface area contributed by atoms with Gasteiger partial charge in [0.2, 0.25) is 0 Å². The fourth-order valence-electron chi connectivity index (χ4n) is 4.35. The van der Waals surface area contributed by atoms with Crippen molar-refractivity contribution in [3.05, 3.63) is 63.7 Å². The molecule has 28 heavy (non-hydrogen) atoms. The molecule has 4 rings (SSSR count). The van der Waals surface area contributed by atoms with Crippen molar-refractivity contribution in [1.82, 2.24) is 0 Å². The molecule has 1 heterocycles. The number of para-hydroxylation sites is 1. The molecule has 0 radical (unpaired) electrons. The molecular formula is C20H19ClN2O4S. The number of hydrogen-bond acceptors (Lipinski definition) is 5. The van der Waals surface area contributed by atoms with Crippen LogP contribution in [0.5, 0.6) is 0 Å². The second-order valence-electron chi connectivity index (χ2n) is 7.30. The molecule has 1 aliphatic heterocycles. The first kappa shape index (κ1) is 19.1. The smallest absolute Gasteiger partial charge is 0.326 e. The third-order valence-electron chi connectivity index (χ3n) is 5.58. The molecule has 0 saturated heterocycles. The standard InChI is InChI=1S/C20H19ClN2O4S/c1-10-6-7-13-11(8-10)17-12(19(22-13)20(24)25)9-16(18(17)21)28-15-5-3-2-4-14(15)23(26)27/h2-8,12,16-19,22H,9H2,1H3,(H,24,25)/t12-,16-,17-,18-,19+/m1/s1. The van der Waals surface area contributed by atoms with E-state index < -0.39 is 16.9 Å². The lowest BCUT2D eigenvalue weighted by Gasteiger charge is -2.36. The number of nitrogens with zero attached hydrogens (tertiary/aromatic N) is 1. The highest BCUT2D eigenvalue weighted by atomic mass is 35.5. The molecule has 2 aliphatic rings. The number of aliphatic carboxylic acids is 1. The Hall–Kier alpha value is -2.25. The molecule has 2 aromatic rings. The van der Waals surface area contributed by atoms with Crippen molar-refractivity contribution in [3.8, 4) is 0 Å². The van der Waals surface area contributed by atoms with Crippen LogP contribution in [0.15, 0.2) is 47.4 Å². The Bertz CT molecular complexity index is 954. The van der Waals surface area contributed by atoms with Gasteiger partial charge in [0.25, 0.3) is 5.69 Å². The highest BCUT2D eigenvalue weighted by molar-refractivity contribution is 8.00. The number of aryl methyl sites for hydroxylation is 1. The summed E-state index contributed by atoms with van der Waals surface area (Å²) < 4.78 is 0. The van der Waals surface area contributed by atoms with Gasteiger partial charge in [-0.2, -0.15) is 0 Å². The van der Waals surface area contributed by atoms with E-state index in [2.05, 4.69) is 11.4 Å². The number of halogens is 1. The number of carboxylic acid groups (broad SMARTS) is 1. The van der Waals surface area contributed by atoms with Crippen LogP contribution in [0.1, 0.15) is 23.5 Å². The molecule has 8 heteroatoms. The molecular weight excluding hydrogens is 400 g/mol. The Balaban J connectivity index is 1.70. The fourth-order valence-corrected chi connectivity index (χ4v) is 6.29. The van der Waals surface area contributed by atoms with Crippen molar-refractivity contribution >= 4 is 40.7 Å². The summed E-state index contributed by atoms with van der Waals surface area (Å²) >= 11 is 8.25. The quantitative estimate of drug-likeness (QED) is 0.426. The van der Waals surface area contributed by atoms with Gasteiger partial charge < -0.3 is 10.4 Å². The third kappa shape index (κ3) is 3.22. The number of anilines is 1. The monoisotopic (exact) mass is 418 g/mol. The van der Waals surface area contributed by atoms with E-state index in [4.69, 9.17) is 11.6 Å². The van der Waals surface area contributed by atoms with E-state index in [1.807, 2.05) is 19.1 Å². The lowest BCUT2D eigenvalue weighted by Crippen LogP contribution is -2.42. The maximum absolute atomic E-state index is 11.9. The maximum atomic E-state index is 11.9. The molecule has 0 bridgehead atoms. The number of carbonyl (C=O) groups is 1. The Morgan fingerprint density at radius 3 is 2.79 bits per heavy atom. The van der Waals surface area contributed by atoms with E-state index in [-0.39, 0.29) is 28.2 Å². The zero-order chi connectivity index (χ0) is 20.0. The largest absolute Gasteiger partial charge is 0.480 e. The van der Waals surface area contributed by atoms with E-state index in [0.29, 0.717) is 11.3 Å². The number of nitro benzene ring substituents is 1. The molecule has 0 aromatic heterocycles. The Labute approximate surface area is 171 Å². The Morgan fingerprint density at radius 2 is 2.07 bits per heavy atom. The number of nitrogens with one attached hydrogen (secondary N) is 1.